The fraction of sp³-hybridized carbons (Fsp3) is 0.500. The number of benzene rings is 1. The van der Waals surface area contributed by atoms with Gasteiger partial charge in [-0.05, 0) is 25.7 Å². The van der Waals surface area contributed by atoms with Crippen LogP contribution < -0.4 is 5.32 Å². The van der Waals surface area contributed by atoms with Crippen LogP contribution in [0.4, 0.5) is 0 Å². The predicted octanol–water partition coefficient (Wildman–Crippen LogP) is 2.00. The highest BCUT2D eigenvalue weighted by molar-refractivity contribution is 7.98. The molecule has 1 N–H and O–H groups in total. The molecular formula is C16H22N2O2S. The van der Waals surface area contributed by atoms with Gasteiger partial charge in [0.1, 0.15) is 5.54 Å². The molecule has 2 rings (SSSR count). The first-order chi connectivity index (χ1) is 9.99. The molecule has 1 aromatic rings. The van der Waals surface area contributed by atoms with Crippen molar-refractivity contribution in [1.82, 2.24) is 10.2 Å². The van der Waals surface area contributed by atoms with Crippen LogP contribution in [-0.2, 0) is 15.1 Å². The normalized spacial score (nSPS) is 24.4. The van der Waals surface area contributed by atoms with Crippen molar-refractivity contribution in [3.8, 4) is 0 Å². The minimum atomic E-state index is -0.985. The van der Waals surface area contributed by atoms with E-state index in [2.05, 4.69) is 5.32 Å². The fourth-order valence-electron chi connectivity index (χ4n) is 2.72. The Morgan fingerprint density at radius 2 is 2.00 bits per heavy atom. The second-order valence-corrected chi connectivity index (χ2v) is 6.50. The van der Waals surface area contributed by atoms with E-state index >= 15 is 0 Å². The van der Waals surface area contributed by atoms with Crippen molar-refractivity contribution < 1.29 is 9.59 Å². The Bertz CT molecular complexity index is 520. The summed E-state index contributed by atoms with van der Waals surface area (Å²) in [6.07, 6.45) is 2.38. The lowest BCUT2D eigenvalue weighted by atomic mass is 9.90. The highest BCUT2D eigenvalue weighted by atomic mass is 32.2. The largest absolute Gasteiger partial charge is 0.338 e. The van der Waals surface area contributed by atoms with E-state index in [1.54, 1.807) is 18.7 Å². The van der Waals surface area contributed by atoms with Crippen molar-refractivity contribution in [2.45, 2.75) is 31.8 Å². The van der Waals surface area contributed by atoms with E-state index in [1.165, 1.54) is 0 Å². The van der Waals surface area contributed by atoms with Gasteiger partial charge in [0.25, 0.3) is 5.91 Å². The van der Waals surface area contributed by atoms with Gasteiger partial charge in [-0.15, -0.1) is 0 Å². The first-order valence-electron chi connectivity index (χ1n) is 7.15. The number of carbonyl (C=O) groups excluding carboxylic acids is 2. The van der Waals surface area contributed by atoms with E-state index in [-0.39, 0.29) is 17.9 Å². The van der Waals surface area contributed by atoms with Crippen molar-refractivity contribution in [2.24, 2.45) is 0 Å². The number of carbonyl (C=O) groups is 2. The number of amides is 2. The maximum absolute atomic E-state index is 13.0. The Balaban J connectivity index is 2.38. The number of rotatable bonds is 4. The molecule has 0 bridgehead atoms. The summed E-state index contributed by atoms with van der Waals surface area (Å²) in [7, 11) is 0. The molecule has 21 heavy (non-hydrogen) atoms. The highest BCUT2D eigenvalue weighted by Gasteiger charge is 2.43. The van der Waals surface area contributed by atoms with Crippen LogP contribution in [0.2, 0.25) is 0 Å². The topological polar surface area (TPSA) is 49.4 Å². The van der Waals surface area contributed by atoms with Crippen LogP contribution in [0.5, 0.6) is 0 Å². The zero-order chi connectivity index (χ0) is 15.5. The Morgan fingerprint density at radius 1 is 1.33 bits per heavy atom. The summed E-state index contributed by atoms with van der Waals surface area (Å²) < 4.78 is 0. The summed E-state index contributed by atoms with van der Waals surface area (Å²) in [5.74, 6) is 0.764. The molecule has 1 fully saturated rings. The average Bonchev–Trinajstić information content (AvgIpc) is 2.58. The van der Waals surface area contributed by atoms with Crippen LogP contribution in [0.3, 0.4) is 0 Å². The summed E-state index contributed by atoms with van der Waals surface area (Å²) in [6.45, 7) is 4.32. The fourth-order valence-corrected chi connectivity index (χ4v) is 3.39. The van der Waals surface area contributed by atoms with Gasteiger partial charge in [0, 0.05) is 24.8 Å². The Kier molecular flexibility index (Phi) is 4.93. The monoisotopic (exact) mass is 306 g/mol. The Labute approximate surface area is 130 Å². The zero-order valence-corrected chi connectivity index (χ0v) is 13.6. The molecule has 4 nitrogen and oxygen atoms in total. The Morgan fingerprint density at radius 3 is 2.62 bits per heavy atom. The third-order valence-electron chi connectivity index (χ3n) is 3.95. The lowest BCUT2D eigenvalue weighted by Gasteiger charge is -2.35. The lowest BCUT2D eigenvalue weighted by molar-refractivity contribution is -0.139. The van der Waals surface area contributed by atoms with E-state index in [1.807, 2.05) is 48.4 Å². The van der Waals surface area contributed by atoms with Crippen LogP contribution in [0.1, 0.15) is 25.8 Å². The minimum absolute atomic E-state index is 0.0268. The summed E-state index contributed by atoms with van der Waals surface area (Å²) in [5, 5.41) is 2.91. The quantitative estimate of drug-likeness (QED) is 0.925. The molecular weight excluding hydrogens is 284 g/mol. The third kappa shape index (κ3) is 3.23. The third-order valence-corrected chi connectivity index (χ3v) is 4.76. The zero-order valence-electron chi connectivity index (χ0n) is 12.8. The van der Waals surface area contributed by atoms with Gasteiger partial charge in [0.15, 0.2) is 0 Å². The molecule has 0 spiro atoms. The number of nitrogens with zero attached hydrogens (tertiary/aromatic N) is 1. The maximum atomic E-state index is 13.0. The van der Waals surface area contributed by atoms with Crippen LogP contribution >= 0.6 is 11.8 Å². The lowest BCUT2D eigenvalue weighted by Crippen LogP contribution is -2.54. The SMILES string of the molecule is CSCC(C)N1CCC(=O)NC(C)(c2ccccc2)C1=O. The van der Waals surface area contributed by atoms with Gasteiger partial charge in [-0.1, -0.05) is 30.3 Å². The van der Waals surface area contributed by atoms with Gasteiger partial charge >= 0.3 is 0 Å². The molecule has 2 unspecified atom stereocenters. The first kappa shape index (κ1) is 15.9. The maximum Gasteiger partial charge on any atom is 0.252 e. The number of hydrogen-bond donors (Lipinski definition) is 1. The van der Waals surface area contributed by atoms with E-state index in [0.717, 1.165) is 11.3 Å². The van der Waals surface area contributed by atoms with Gasteiger partial charge in [0.2, 0.25) is 5.91 Å². The molecule has 0 saturated carbocycles. The smallest absolute Gasteiger partial charge is 0.252 e. The van der Waals surface area contributed by atoms with Crippen molar-refractivity contribution in [3.05, 3.63) is 35.9 Å². The van der Waals surface area contributed by atoms with Crippen LogP contribution in [0.25, 0.3) is 0 Å². The van der Waals surface area contributed by atoms with Gasteiger partial charge in [0.05, 0.1) is 0 Å². The van der Waals surface area contributed by atoms with Gasteiger partial charge in [-0.3, -0.25) is 9.59 Å². The highest BCUT2D eigenvalue weighted by Crippen LogP contribution is 2.27. The van der Waals surface area contributed by atoms with E-state index in [4.69, 9.17) is 0 Å². The van der Waals surface area contributed by atoms with Crippen LogP contribution in [0.15, 0.2) is 30.3 Å². The number of nitrogens with one attached hydrogen (secondary N) is 1. The molecule has 1 heterocycles. The molecule has 1 saturated heterocycles. The van der Waals surface area contributed by atoms with Crippen LogP contribution in [0, 0.1) is 0 Å². The summed E-state index contributed by atoms with van der Waals surface area (Å²) in [4.78, 5) is 26.9. The van der Waals surface area contributed by atoms with E-state index in [0.29, 0.717) is 13.0 Å². The molecule has 2 atom stereocenters. The molecule has 114 valence electrons. The first-order valence-corrected chi connectivity index (χ1v) is 8.55. The predicted molar refractivity (Wildman–Crippen MR) is 86.1 cm³/mol. The van der Waals surface area contributed by atoms with Crippen molar-refractivity contribution in [1.29, 1.82) is 0 Å². The molecule has 0 aromatic heterocycles. The number of hydrogen-bond acceptors (Lipinski definition) is 3. The molecule has 2 amide bonds. The van der Waals surface area contributed by atoms with Gasteiger partial charge < -0.3 is 10.2 Å². The average molecular weight is 306 g/mol. The molecule has 5 heteroatoms. The summed E-state index contributed by atoms with van der Waals surface area (Å²) in [6, 6.07) is 9.58. The van der Waals surface area contributed by atoms with Crippen molar-refractivity contribution in [3.63, 3.8) is 0 Å². The van der Waals surface area contributed by atoms with Crippen molar-refractivity contribution in [2.75, 3.05) is 18.6 Å². The number of thioether (sulfide) groups is 1. The molecule has 0 aliphatic carbocycles. The van der Waals surface area contributed by atoms with Crippen molar-refractivity contribution >= 4 is 23.6 Å². The minimum Gasteiger partial charge on any atom is -0.338 e. The standard InChI is InChI=1S/C16H22N2O2S/c1-12(11-21-3)18-10-9-14(19)17-16(2,15(18)20)13-7-5-4-6-8-13/h4-8,12H,9-11H2,1-3H3,(H,17,19). The molecule has 1 aromatic carbocycles. The summed E-state index contributed by atoms with van der Waals surface area (Å²) in [5.41, 5.74) is -0.159. The van der Waals surface area contributed by atoms with E-state index < -0.39 is 5.54 Å². The molecule has 1 aliphatic heterocycles. The summed E-state index contributed by atoms with van der Waals surface area (Å²) >= 11 is 1.71. The van der Waals surface area contributed by atoms with Crippen LogP contribution in [-0.4, -0.2) is 41.3 Å². The second-order valence-electron chi connectivity index (χ2n) is 5.59. The van der Waals surface area contributed by atoms with Gasteiger partial charge in [-0.25, -0.2) is 0 Å². The molecule has 0 radical (unpaired) electrons. The van der Waals surface area contributed by atoms with Gasteiger partial charge in [-0.2, -0.15) is 11.8 Å². The van der Waals surface area contributed by atoms with E-state index in [9.17, 15) is 9.59 Å². The molecule has 1 aliphatic rings. The second kappa shape index (κ2) is 6.52. The Hall–Kier alpha value is -1.49.